The quantitative estimate of drug-likeness (QED) is 0.210. The van der Waals surface area contributed by atoms with Gasteiger partial charge in [-0.05, 0) is 6.42 Å². The maximum absolute atomic E-state index is 10.4. The first-order valence-electron chi connectivity index (χ1n) is 3.20. The summed E-state index contributed by atoms with van der Waals surface area (Å²) in [6, 6.07) is 0. The molecule has 0 fully saturated rings. The molecule has 0 radical (unpaired) electrons. The summed E-state index contributed by atoms with van der Waals surface area (Å²) in [5.74, 6) is -1.01. The molecule has 5 nitrogen and oxygen atoms in total. The third-order valence-electron chi connectivity index (χ3n) is 0.958. The monoisotopic (exact) mass is 202 g/mol. The number of hydrogen-bond acceptors (Lipinski definition) is 4. The van der Waals surface area contributed by atoms with Crippen molar-refractivity contribution in [3.8, 4) is 0 Å². The number of ether oxygens (including phenoxy) is 1. The molecule has 0 aromatic carbocycles. The van der Waals surface area contributed by atoms with E-state index in [2.05, 4.69) is 11.3 Å². The summed E-state index contributed by atoms with van der Waals surface area (Å²) in [5, 5.41) is 0. The van der Waals surface area contributed by atoms with E-state index in [1.165, 1.54) is 0 Å². The van der Waals surface area contributed by atoms with Crippen LogP contribution in [-0.2, 0) is 19.6 Å². The van der Waals surface area contributed by atoms with Crippen LogP contribution in [0.2, 0.25) is 0 Å². The van der Waals surface area contributed by atoms with Crippen molar-refractivity contribution >= 4 is 34.9 Å². The maximum atomic E-state index is 10.4. The van der Waals surface area contributed by atoms with Gasteiger partial charge in [0.1, 0.15) is 0 Å². The predicted octanol–water partition coefficient (Wildman–Crippen LogP) is -0.655. The van der Waals surface area contributed by atoms with Gasteiger partial charge in [0.2, 0.25) is 0 Å². The molecule has 72 valence electrons. The van der Waals surface area contributed by atoms with Crippen molar-refractivity contribution in [1.29, 1.82) is 0 Å². The van der Waals surface area contributed by atoms with E-state index in [1.807, 2.05) is 0 Å². The first kappa shape index (κ1) is 15.2. The zero-order valence-electron chi connectivity index (χ0n) is 6.39. The molecule has 0 amide bonds. The van der Waals surface area contributed by atoms with Gasteiger partial charge in [-0.2, -0.15) is 8.42 Å². The zero-order valence-corrected chi connectivity index (χ0v) is 7.21. The molecular formula is C6H11LiO5S. The molecule has 0 aromatic heterocycles. The average Bonchev–Trinajstić information content (AvgIpc) is 1.96. The van der Waals surface area contributed by atoms with Gasteiger partial charge in [0, 0.05) is 6.08 Å². The van der Waals surface area contributed by atoms with E-state index in [-0.39, 0.29) is 31.9 Å². The second kappa shape index (κ2) is 7.15. The molecule has 0 saturated heterocycles. The van der Waals surface area contributed by atoms with Crippen molar-refractivity contribution in [3.05, 3.63) is 12.7 Å². The van der Waals surface area contributed by atoms with E-state index in [0.29, 0.717) is 0 Å². The van der Waals surface area contributed by atoms with Crippen LogP contribution in [-0.4, -0.2) is 50.2 Å². The summed E-state index contributed by atoms with van der Waals surface area (Å²) >= 11 is 0. The Balaban J connectivity index is 0. The second-order valence-corrected chi connectivity index (χ2v) is 3.58. The molecular weight excluding hydrogens is 191 g/mol. The van der Waals surface area contributed by atoms with E-state index in [1.54, 1.807) is 0 Å². The second-order valence-electron chi connectivity index (χ2n) is 2.01. The molecule has 13 heavy (non-hydrogen) atoms. The van der Waals surface area contributed by atoms with Crippen molar-refractivity contribution in [2.24, 2.45) is 0 Å². The molecule has 0 aliphatic carbocycles. The average molecular weight is 202 g/mol. The van der Waals surface area contributed by atoms with Gasteiger partial charge in [-0.3, -0.25) is 4.55 Å². The van der Waals surface area contributed by atoms with Gasteiger partial charge in [0.15, 0.2) is 0 Å². The molecule has 0 heterocycles. The van der Waals surface area contributed by atoms with Crippen LogP contribution in [0.25, 0.3) is 0 Å². The van der Waals surface area contributed by atoms with E-state index in [4.69, 9.17) is 4.55 Å². The van der Waals surface area contributed by atoms with E-state index in [9.17, 15) is 13.2 Å². The third-order valence-corrected chi connectivity index (χ3v) is 1.76. The van der Waals surface area contributed by atoms with Crippen LogP contribution in [0.3, 0.4) is 0 Å². The molecule has 1 N–H and O–H groups in total. The van der Waals surface area contributed by atoms with Gasteiger partial charge >= 0.3 is 24.8 Å². The Morgan fingerprint density at radius 2 is 2.08 bits per heavy atom. The summed E-state index contributed by atoms with van der Waals surface area (Å²) in [7, 11) is -3.95. The van der Waals surface area contributed by atoms with Crippen LogP contribution >= 0.6 is 0 Å². The Morgan fingerprint density at radius 1 is 1.54 bits per heavy atom. The Morgan fingerprint density at radius 3 is 2.46 bits per heavy atom. The summed E-state index contributed by atoms with van der Waals surface area (Å²) in [4.78, 5) is 10.4. The van der Waals surface area contributed by atoms with Crippen molar-refractivity contribution in [3.63, 3.8) is 0 Å². The fraction of sp³-hybridized carbons (Fsp3) is 0.500. The summed E-state index contributed by atoms with van der Waals surface area (Å²) in [6.45, 7) is 3.11. The Hall–Kier alpha value is -0.283. The first-order chi connectivity index (χ1) is 5.45. The Kier molecular flexibility index (Phi) is 8.36. The van der Waals surface area contributed by atoms with Crippen molar-refractivity contribution in [1.82, 2.24) is 0 Å². The molecule has 0 saturated carbocycles. The van der Waals surface area contributed by atoms with Crippen LogP contribution in [0.15, 0.2) is 12.7 Å². The molecule has 0 aromatic rings. The van der Waals surface area contributed by atoms with E-state index >= 15 is 0 Å². The molecule has 0 atom stereocenters. The van der Waals surface area contributed by atoms with Crippen LogP contribution in [0.1, 0.15) is 6.42 Å². The fourth-order valence-electron chi connectivity index (χ4n) is 0.473. The molecule has 0 unspecified atom stereocenters. The number of esters is 1. The van der Waals surface area contributed by atoms with Crippen LogP contribution < -0.4 is 0 Å². The number of carbonyl (C=O) groups excluding carboxylic acids is 1. The van der Waals surface area contributed by atoms with Gasteiger partial charge in [0.25, 0.3) is 10.1 Å². The topological polar surface area (TPSA) is 80.7 Å². The van der Waals surface area contributed by atoms with Gasteiger partial charge in [-0.15, -0.1) is 0 Å². The van der Waals surface area contributed by atoms with Crippen LogP contribution in [0, 0.1) is 0 Å². The summed E-state index contributed by atoms with van der Waals surface area (Å²) in [5.41, 5.74) is 0. The summed E-state index contributed by atoms with van der Waals surface area (Å²) < 4.78 is 33.0. The normalized spacial score (nSPS) is 9.92. The van der Waals surface area contributed by atoms with Crippen molar-refractivity contribution in [2.45, 2.75) is 6.42 Å². The van der Waals surface area contributed by atoms with Crippen LogP contribution in [0.5, 0.6) is 0 Å². The zero-order chi connectivity index (χ0) is 9.61. The van der Waals surface area contributed by atoms with E-state index < -0.39 is 21.8 Å². The van der Waals surface area contributed by atoms with Crippen molar-refractivity contribution < 1.29 is 22.5 Å². The van der Waals surface area contributed by atoms with Crippen LogP contribution in [0.4, 0.5) is 0 Å². The van der Waals surface area contributed by atoms with Gasteiger partial charge in [-0.25, -0.2) is 4.79 Å². The molecule has 0 spiro atoms. The SMILES string of the molecule is C=CC(=O)OCCCS(=O)(=O)O.[LiH]. The minimum absolute atomic E-state index is 0. The molecule has 0 bridgehead atoms. The Bertz CT molecular complexity index is 258. The Labute approximate surface area is 89.1 Å². The molecule has 0 aliphatic heterocycles. The summed E-state index contributed by atoms with van der Waals surface area (Å²) in [6.07, 6.45) is 1.06. The van der Waals surface area contributed by atoms with Crippen molar-refractivity contribution in [2.75, 3.05) is 12.4 Å². The number of carbonyl (C=O) groups is 1. The van der Waals surface area contributed by atoms with Gasteiger partial charge in [0.05, 0.1) is 12.4 Å². The third kappa shape index (κ3) is 11.7. The standard InChI is InChI=1S/C6H10O5S.Li.H/c1-2-6(7)11-4-3-5-12(8,9)10;;/h2H,1,3-5H2,(H,8,9,10);;. The number of rotatable bonds is 5. The minimum atomic E-state index is -3.95. The van der Waals surface area contributed by atoms with Gasteiger partial charge in [-0.1, -0.05) is 6.58 Å². The first-order valence-corrected chi connectivity index (χ1v) is 4.81. The number of hydrogen-bond donors (Lipinski definition) is 1. The van der Waals surface area contributed by atoms with E-state index in [0.717, 1.165) is 6.08 Å². The molecule has 7 heteroatoms. The molecule has 0 aliphatic rings. The van der Waals surface area contributed by atoms with Gasteiger partial charge < -0.3 is 4.74 Å². The molecule has 0 rings (SSSR count). The predicted molar refractivity (Wildman–Crippen MR) is 49.3 cm³/mol. The fourth-order valence-corrected chi connectivity index (χ4v) is 0.956.